The number of fused-ring (bicyclic) bond motifs is 2. The maximum atomic E-state index is 12.3. The number of ether oxygens (including phenoxy) is 1. The van der Waals surface area contributed by atoms with Crippen molar-refractivity contribution in [3.05, 3.63) is 51.2 Å². The second kappa shape index (κ2) is 6.28. The normalized spacial score (nSPS) is 18.2. The van der Waals surface area contributed by atoms with Crippen LogP contribution in [0.5, 0.6) is 5.75 Å². The van der Waals surface area contributed by atoms with Crippen molar-refractivity contribution in [1.29, 1.82) is 0 Å². The molecule has 1 aliphatic carbocycles. The SMILES string of the molecule is O=C(NNC(=O)C1COc2ccccc2C1)c1cc2c(s1)CCC2. The highest BCUT2D eigenvalue weighted by molar-refractivity contribution is 7.14. The molecule has 0 radical (unpaired) electrons. The third-order valence-electron chi connectivity index (χ3n) is 4.52. The standard InChI is InChI=1S/C18H18N2O3S/c21-17(13-8-11-4-1-2-6-14(11)23-10-13)19-20-18(22)16-9-12-5-3-7-15(12)24-16/h1-2,4,6,9,13H,3,5,7-8,10H2,(H,19,21)(H,20,22). The fourth-order valence-electron chi connectivity index (χ4n) is 3.22. The molecule has 2 heterocycles. The van der Waals surface area contributed by atoms with Gasteiger partial charge in [-0.3, -0.25) is 20.4 Å². The number of thiophene rings is 1. The fraction of sp³-hybridized carbons (Fsp3) is 0.333. The zero-order chi connectivity index (χ0) is 16.5. The summed E-state index contributed by atoms with van der Waals surface area (Å²) in [5.74, 6) is 0.0639. The summed E-state index contributed by atoms with van der Waals surface area (Å²) in [6.07, 6.45) is 3.89. The molecule has 124 valence electrons. The van der Waals surface area contributed by atoms with Gasteiger partial charge in [-0.1, -0.05) is 18.2 Å². The van der Waals surface area contributed by atoms with Crippen LogP contribution in [0.15, 0.2) is 30.3 Å². The smallest absolute Gasteiger partial charge is 0.279 e. The minimum atomic E-state index is -0.298. The predicted octanol–water partition coefficient (Wildman–Crippen LogP) is 2.25. The summed E-state index contributed by atoms with van der Waals surface area (Å²) in [4.78, 5) is 26.4. The third-order valence-corrected chi connectivity index (χ3v) is 5.76. The van der Waals surface area contributed by atoms with Gasteiger partial charge in [0.2, 0.25) is 5.91 Å². The van der Waals surface area contributed by atoms with Crippen LogP contribution in [0.4, 0.5) is 0 Å². The van der Waals surface area contributed by atoms with Crippen molar-refractivity contribution in [3.63, 3.8) is 0 Å². The molecule has 24 heavy (non-hydrogen) atoms. The number of hydrogen-bond donors (Lipinski definition) is 2. The molecule has 2 amide bonds. The van der Waals surface area contributed by atoms with E-state index in [0.29, 0.717) is 17.9 Å². The Bertz CT molecular complexity index is 778. The lowest BCUT2D eigenvalue weighted by molar-refractivity contribution is -0.127. The maximum Gasteiger partial charge on any atom is 0.279 e. The van der Waals surface area contributed by atoms with Crippen molar-refractivity contribution in [2.75, 3.05) is 6.61 Å². The van der Waals surface area contributed by atoms with E-state index in [-0.39, 0.29) is 17.7 Å². The molecular weight excluding hydrogens is 324 g/mol. The van der Waals surface area contributed by atoms with Gasteiger partial charge >= 0.3 is 0 Å². The van der Waals surface area contributed by atoms with Gasteiger partial charge < -0.3 is 4.74 Å². The first kappa shape index (κ1) is 15.2. The molecule has 0 saturated carbocycles. The number of rotatable bonds is 2. The highest BCUT2D eigenvalue weighted by Crippen LogP contribution is 2.30. The molecule has 2 aliphatic rings. The maximum absolute atomic E-state index is 12.3. The molecule has 6 heteroatoms. The molecule has 0 saturated heterocycles. The first-order chi connectivity index (χ1) is 11.7. The lowest BCUT2D eigenvalue weighted by Crippen LogP contribution is -2.46. The van der Waals surface area contributed by atoms with Crippen LogP contribution in [0.3, 0.4) is 0 Å². The molecule has 1 atom stereocenters. The van der Waals surface area contributed by atoms with Crippen molar-refractivity contribution >= 4 is 23.2 Å². The summed E-state index contributed by atoms with van der Waals surface area (Å²) in [6, 6.07) is 9.65. The van der Waals surface area contributed by atoms with Crippen LogP contribution in [-0.2, 0) is 24.1 Å². The van der Waals surface area contributed by atoms with Crippen molar-refractivity contribution in [2.45, 2.75) is 25.7 Å². The summed E-state index contributed by atoms with van der Waals surface area (Å²) in [5, 5.41) is 0. The van der Waals surface area contributed by atoms with Crippen LogP contribution >= 0.6 is 11.3 Å². The minimum absolute atomic E-state index is 0.220. The Balaban J connectivity index is 1.34. The van der Waals surface area contributed by atoms with Crippen LogP contribution in [-0.4, -0.2) is 18.4 Å². The molecule has 1 aromatic carbocycles. The van der Waals surface area contributed by atoms with Crippen LogP contribution in [0.2, 0.25) is 0 Å². The van der Waals surface area contributed by atoms with E-state index in [9.17, 15) is 9.59 Å². The molecule has 5 nitrogen and oxygen atoms in total. The summed E-state index contributed by atoms with van der Waals surface area (Å²) < 4.78 is 5.62. The van der Waals surface area contributed by atoms with Gasteiger partial charge in [0.05, 0.1) is 10.8 Å². The van der Waals surface area contributed by atoms with E-state index in [4.69, 9.17) is 4.74 Å². The quantitative estimate of drug-likeness (QED) is 0.823. The zero-order valence-electron chi connectivity index (χ0n) is 13.1. The number of carbonyl (C=O) groups is 2. The molecule has 0 bridgehead atoms. The topological polar surface area (TPSA) is 67.4 Å². The van der Waals surface area contributed by atoms with E-state index in [1.165, 1.54) is 28.2 Å². The second-order valence-electron chi connectivity index (χ2n) is 6.18. The van der Waals surface area contributed by atoms with Crippen molar-refractivity contribution in [1.82, 2.24) is 10.9 Å². The van der Waals surface area contributed by atoms with Gasteiger partial charge in [0.1, 0.15) is 12.4 Å². The van der Waals surface area contributed by atoms with Crippen molar-refractivity contribution in [3.8, 4) is 5.75 Å². The molecule has 0 fully saturated rings. The van der Waals surface area contributed by atoms with Gasteiger partial charge in [-0.05, 0) is 48.9 Å². The number of benzene rings is 1. The number of hydrazine groups is 1. The lowest BCUT2D eigenvalue weighted by Gasteiger charge is -2.24. The number of aryl methyl sites for hydroxylation is 2. The van der Waals surface area contributed by atoms with E-state index in [1.54, 1.807) is 0 Å². The number of amides is 2. The highest BCUT2D eigenvalue weighted by Gasteiger charge is 2.26. The zero-order valence-corrected chi connectivity index (χ0v) is 13.9. The Kier molecular flexibility index (Phi) is 3.98. The van der Waals surface area contributed by atoms with Crippen molar-refractivity contribution < 1.29 is 14.3 Å². The summed E-state index contributed by atoms with van der Waals surface area (Å²) in [6.45, 7) is 0.325. The van der Waals surface area contributed by atoms with Crippen LogP contribution < -0.4 is 15.6 Å². The Morgan fingerprint density at radius 2 is 2.00 bits per heavy atom. The van der Waals surface area contributed by atoms with Gasteiger partial charge in [0.25, 0.3) is 5.91 Å². The average Bonchev–Trinajstić information content (AvgIpc) is 3.21. The van der Waals surface area contributed by atoms with E-state index in [0.717, 1.165) is 24.2 Å². The van der Waals surface area contributed by atoms with Crippen LogP contribution in [0, 0.1) is 5.92 Å². The molecule has 1 unspecified atom stereocenters. The molecule has 4 rings (SSSR count). The van der Waals surface area contributed by atoms with Gasteiger partial charge in [0, 0.05) is 4.88 Å². The van der Waals surface area contributed by atoms with Gasteiger partial charge in [0.15, 0.2) is 0 Å². The Morgan fingerprint density at radius 1 is 1.12 bits per heavy atom. The monoisotopic (exact) mass is 342 g/mol. The molecular formula is C18H18N2O3S. The summed E-state index contributed by atoms with van der Waals surface area (Å²) in [7, 11) is 0. The van der Waals surface area contributed by atoms with E-state index in [1.807, 2.05) is 30.3 Å². The lowest BCUT2D eigenvalue weighted by atomic mass is 9.96. The summed E-state index contributed by atoms with van der Waals surface area (Å²) in [5.41, 5.74) is 7.35. The first-order valence-electron chi connectivity index (χ1n) is 8.13. The molecule has 2 N–H and O–H groups in total. The molecule has 1 aromatic heterocycles. The van der Waals surface area contributed by atoms with E-state index >= 15 is 0 Å². The molecule has 2 aromatic rings. The second-order valence-corrected chi connectivity index (χ2v) is 7.31. The number of nitrogens with one attached hydrogen (secondary N) is 2. The predicted molar refractivity (Wildman–Crippen MR) is 91.1 cm³/mol. The van der Waals surface area contributed by atoms with Crippen LogP contribution in [0.25, 0.3) is 0 Å². The van der Waals surface area contributed by atoms with Crippen LogP contribution in [0.1, 0.15) is 32.1 Å². The summed E-state index contributed by atoms with van der Waals surface area (Å²) >= 11 is 1.52. The first-order valence-corrected chi connectivity index (χ1v) is 8.95. The van der Waals surface area contributed by atoms with Crippen molar-refractivity contribution in [2.24, 2.45) is 5.92 Å². The Hall–Kier alpha value is -2.34. The largest absolute Gasteiger partial charge is 0.492 e. The highest BCUT2D eigenvalue weighted by atomic mass is 32.1. The fourth-order valence-corrected chi connectivity index (χ4v) is 4.37. The molecule has 0 spiro atoms. The Labute approximate surface area is 144 Å². The van der Waals surface area contributed by atoms with E-state index in [2.05, 4.69) is 10.9 Å². The van der Waals surface area contributed by atoms with E-state index < -0.39 is 0 Å². The molecule has 1 aliphatic heterocycles. The van der Waals surface area contributed by atoms with Gasteiger partial charge in [-0.2, -0.15) is 0 Å². The Morgan fingerprint density at radius 3 is 2.88 bits per heavy atom. The van der Waals surface area contributed by atoms with Gasteiger partial charge in [-0.25, -0.2) is 0 Å². The average molecular weight is 342 g/mol. The van der Waals surface area contributed by atoms with Gasteiger partial charge in [-0.15, -0.1) is 11.3 Å². The number of para-hydroxylation sites is 1. The number of carbonyl (C=O) groups excluding carboxylic acids is 2. The minimum Gasteiger partial charge on any atom is -0.492 e. The number of hydrogen-bond acceptors (Lipinski definition) is 4. The third kappa shape index (κ3) is 2.89.